The average Bonchev–Trinajstić information content (AvgIpc) is 3.59. The summed E-state index contributed by atoms with van der Waals surface area (Å²) >= 11 is 0. The third kappa shape index (κ3) is 1.73. The van der Waals surface area contributed by atoms with Crippen LogP contribution in [0.2, 0.25) is 0 Å². The van der Waals surface area contributed by atoms with E-state index >= 15 is 0 Å². The minimum Gasteiger partial charge on any atom is -0.331 e. The topological polar surface area (TPSA) is 65.7 Å². The SMILES string of the molecule is CN1C(=O)[C@]2(O[C@H]2c2ccccc2)N(C)C(=O)[C@]12O[C@@H]2c1ccccc1. The zero-order valence-electron chi connectivity index (χ0n) is 14.5. The second kappa shape index (κ2) is 4.93. The fraction of sp³-hybridized carbons (Fsp3) is 0.300. The summed E-state index contributed by atoms with van der Waals surface area (Å²) in [6.07, 6.45) is -0.919. The lowest BCUT2D eigenvalue weighted by Gasteiger charge is -2.39. The van der Waals surface area contributed by atoms with E-state index < -0.39 is 23.7 Å². The number of hydrogen-bond donors (Lipinski definition) is 0. The van der Waals surface area contributed by atoms with Crippen LogP contribution < -0.4 is 0 Å². The molecule has 132 valence electrons. The van der Waals surface area contributed by atoms with E-state index in [2.05, 4.69) is 0 Å². The number of rotatable bonds is 2. The molecule has 5 rings (SSSR count). The predicted molar refractivity (Wildman–Crippen MR) is 91.5 cm³/mol. The summed E-state index contributed by atoms with van der Waals surface area (Å²) in [5.41, 5.74) is -0.792. The van der Waals surface area contributed by atoms with E-state index in [4.69, 9.17) is 9.47 Å². The minimum absolute atomic E-state index is 0.258. The number of epoxide rings is 2. The second-order valence-corrected chi connectivity index (χ2v) is 6.94. The molecule has 3 heterocycles. The Morgan fingerprint density at radius 3 is 1.38 bits per heavy atom. The Kier molecular flexibility index (Phi) is 2.95. The van der Waals surface area contributed by atoms with Crippen LogP contribution in [-0.2, 0) is 19.1 Å². The lowest BCUT2D eigenvalue weighted by atomic mass is 9.95. The van der Waals surface area contributed by atoms with E-state index in [1.165, 1.54) is 9.80 Å². The van der Waals surface area contributed by atoms with Gasteiger partial charge in [-0.05, 0) is 11.1 Å². The molecule has 2 aromatic carbocycles. The lowest BCUT2D eigenvalue weighted by Crippen LogP contribution is -2.67. The van der Waals surface area contributed by atoms with Gasteiger partial charge in [0.1, 0.15) is 12.2 Å². The van der Waals surface area contributed by atoms with Gasteiger partial charge in [-0.2, -0.15) is 0 Å². The average molecular weight is 350 g/mol. The molecule has 2 amide bonds. The van der Waals surface area contributed by atoms with Crippen molar-refractivity contribution in [1.29, 1.82) is 0 Å². The highest BCUT2D eigenvalue weighted by Gasteiger charge is 2.81. The van der Waals surface area contributed by atoms with E-state index in [9.17, 15) is 9.59 Å². The Balaban J connectivity index is 1.49. The van der Waals surface area contributed by atoms with Gasteiger partial charge in [0.05, 0.1) is 0 Å². The maximum atomic E-state index is 13.2. The summed E-state index contributed by atoms with van der Waals surface area (Å²) in [6.45, 7) is 0. The molecule has 0 radical (unpaired) electrons. The quantitative estimate of drug-likeness (QED) is 0.776. The van der Waals surface area contributed by atoms with Crippen LogP contribution in [0.5, 0.6) is 0 Å². The molecule has 0 aliphatic carbocycles. The number of likely N-dealkylation sites (N-methyl/N-ethyl adjacent to an activating group) is 2. The van der Waals surface area contributed by atoms with Gasteiger partial charge in [0, 0.05) is 14.1 Å². The van der Waals surface area contributed by atoms with Gasteiger partial charge in [0.15, 0.2) is 0 Å². The van der Waals surface area contributed by atoms with Crippen LogP contribution in [-0.4, -0.2) is 47.2 Å². The molecule has 2 aromatic rings. The van der Waals surface area contributed by atoms with Gasteiger partial charge in [0.25, 0.3) is 23.3 Å². The maximum Gasteiger partial charge on any atom is 0.281 e. The van der Waals surface area contributed by atoms with Gasteiger partial charge in [-0.3, -0.25) is 9.59 Å². The number of ether oxygens (including phenoxy) is 2. The summed E-state index contributed by atoms with van der Waals surface area (Å²) < 4.78 is 11.6. The molecule has 2 spiro atoms. The highest BCUT2D eigenvalue weighted by atomic mass is 16.7. The van der Waals surface area contributed by atoms with Crippen molar-refractivity contribution in [2.45, 2.75) is 23.7 Å². The number of amides is 2. The molecule has 3 aliphatic heterocycles. The van der Waals surface area contributed by atoms with Crippen LogP contribution in [0.25, 0.3) is 0 Å². The predicted octanol–water partition coefficient (Wildman–Crippen LogP) is 1.85. The van der Waals surface area contributed by atoms with Crippen LogP contribution in [0, 0.1) is 0 Å². The standard InChI is InChI=1S/C20H18N2O4/c1-21-17(23)20(16(26-20)14-11-7-4-8-12-14)22(2)18(24)19(21)15(25-19)13-9-5-3-6-10-13/h3-12,15-16H,1-2H3/t15-,16+,19-,20-/m0/s1. The summed E-state index contributed by atoms with van der Waals surface area (Å²) in [7, 11) is 3.23. The molecule has 3 aliphatic rings. The molecule has 3 fully saturated rings. The zero-order chi connectivity index (χ0) is 18.1. The van der Waals surface area contributed by atoms with Gasteiger partial charge in [-0.1, -0.05) is 60.7 Å². The molecule has 0 saturated carbocycles. The molecule has 0 aromatic heterocycles. The first-order valence-electron chi connectivity index (χ1n) is 8.55. The van der Waals surface area contributed by atoms with Gasteiger partial charge in [0.2, 0.25) is 0 Å². The molecular weight excluding hydrogens is 332 g/mol. The molecular formula is C20H18N2O4. The Morgan fingerprint density at radius 2 is 1.04 bits per heavy atom. The molecule has 26 heavy (non-hydrogen) atoms. The Hall–Kier alpha value is -2.70. The van der Waals surface area contributed by atoms with E-state index in [1.54, 1.807) is 14.1 Å². The van der Waals surface area contributed by atoms with Crippen molar-refractivity contribution in [1.82, 2.24) is 9.80 Å². The van der Waals surface area contributed by atoms with Crippen LogP contribution >= 0.6 is 0 Å². The van der Waals surface area contributed by atoms with Crippen molar-refractivity contribution >= 4 is 11.8 Å². The van der Waals surface area contributed by atoms with Crippen molar-refractivity contribution in [3.8, 4) is 0 Å². The largest absolute Gasteiger partial charge is 0.331 e. The Morgan fingerprint density at radius 1 is 0.692 bits per heavy atom. The summed E-state index contributed by atoms with van der Waals surface area (Å²) in [5.74, 6) is -0.515. The van der Waals surface area contributed by atoms with Gasteiger partial charge in [-0.15, -0.1) is 0 Å². The maximum absolute atomic E-state index is 13.2. The van der Waals surface area contributed by atoms with Crippen molar-refractivity contribution in [3.05, 3.63) is 71.8 Å². The van der Waals surface area contributed by atoms with Crippen molar-refractivity contribution in [2.24, 2.45) is 0 Å². The van der Waals surface area contributed by atoms with Gasteiger partial charge < -0.3 is 19.3 Å². The fourth-order valence-electron chi connectivity index (χ4n) is 4.04. The van der Waals surface area contributed by atoms with Crippen molar-refractivity contribution in [3.63, 3.8) is 0 Å². The number of hydrogen-bond acceptors (Lipinski definition) is 4. The summed E-state index contributed by atoms with van der Waals surface area (Å²) in [6, 6.07) is 19.0. The molecule has 6 nitrogen and oxygen atoms in total. The summed E-state index contributed by atoms with van der Waals surface area (Å²) in [5, 5.41) is 0. The van der Waals surface area contributed by atoms with Crippen LogP contribution in [0.1, 0.15) is 23.3 Å². The number of carbonyl (C=O) groups is 2. The highest BCUT2D eigenvalue weighted by molar-refractivity contribution is 6.04. The molecule has 0 bridgehead atoms. The number of benzene rings is 2. The van der Waals surface area contributed by atoms with E-state index in [0.29, 0.717) is 0 Å². The molecule has 4 atom stereocenters. The van der Waals surface area contributed by atoms with E-state index in [0.717, 1.165) is 11.1 Å². The first kappa shape index (κ1) is 15.5. The molecule has 0 unspecified atom stereocenters. The zero-order valence-corrected chi connectivity index (χ0v) is 14.5. The summed E-state index contributed by atoms with van der Waals surface area (Å²) in [4.78, 5) is 29.2. The minimum atomic E-state index is -1.27. The third-order valence-electron chi connectivity index (χ3n) is 5.61. The van der Waals surface area contributed by atoms with Crippen LogP contribution in [0.15, 0.2) is 60.7 Å². The van der Waals surface area contributed by atoms with Crippen molar-refractivity contribution in [2.75, 3.05) is 14.1 Å². The van der Waals surface area contributed by atoms with E-state index in [1.807, 2.05) is 60.7 Å². The lowest BCUT2D eigenvalue weighted by molar-refractivity contribution is -0.175. The monoisotopic (exact) mass is 350 g/mol. The highest BCUT2D eigenvalue weighted by Crippen LogP contribution is 2.62. The third-order valence-corrected chi connectivity index (χ3v) is 5.61. The first-order chi connectivity index (χ1) is 12.5. The molecule has 6 heteroatoms. The smallest absolute Gasteiger partial charge is 0.281 e. The number of nitrogens with zero attached hydrogens (tertiary/aromatic N) is 2. The fourth-order valence-corrected chi connectivity index (χ4v) is 4.04. The Bertz CT molecular complexity index is 827. The van der Waals surface area contributed by atoms with Gasteiger partial charge in [-0.25, -0.2) is 0 Å². The van der Waals surface area contributed by atoms with Crippen molar-refractivity contribution < 1.29 is 19.1 Å². The Labute approximate surface area is 150 Å². The van der Waals surface area contributed by atoms with E-state index in [-0.39, 0.29) is 11.8 Å². The molecule has 3 saturated heterocycles. The second-order valence-electron chi connectivity index (χ2n) is 6.94. The van der Waals surface area contributed by atoms with Crippen LogP contribution in [0.3, 0.4) is 0 Å². The number of piperazine rings is 1. The van der Waals surface area contributed by atoms with Crippen LogP contribution in [0.4, 0.5) is 0 Å². The first-order valence-corrected chi connectivity index (χ1v) is 8.55. The van der Waals surface area contributed by atoms with Gasteiger partial charge >= 0.3 is 0 Å². The number of carbonyl (C=O) groups excluding carboxylic acids is 2. The molecule has 0 N–H and O–H groups in total. The normalized spacial score (nSPS) is 35.3.